The molecule has 0 amide bonds. The number of hydrogen-bond donors (Lipinski definition) is 5. The molecule has 5 N–H and O–H groups in total. The van der Waals surface area contributed by atoms with E-state index in [0.717, 1.165) is 0 Å². The lowest BCUT2D eigenvalue weighted by Crippen LogP contribution is -2.63. The maximum absolute atomic E-state index is 10.3. The van der Waals surface area contributed by atoms with Crippen LogP contribution in [0.4, 0.5) is 0 Å². The number of likely N-dealkylation sites (tertiary alicyclic amines) is 1. The van der Waals surface area contributed by atoms with Gasteiger partial charge in [0.05, 0.1) is 25.0 Å². The molecule has 1 aromatic rings. The second kappa shape index (κ2) is 5.96. The number of piperidine rings is 1. The molecule has 0 radical (unpaired) electrons. The number of nitrogens with zero attached hydrogens (tertiary/aromatic N) is 1. The summed E-state index contributed by atoms with van der Waals surface area (Å²) >= 11 is 0. The molecular formula is C13H19NO5. The van der Waals surface area contributed by atoms with Crippen LogP contribution in [0, 0.1) is 0 Å². The first-order valence-electron chi connectivity index (χ1n) is 6.18. The van der Waals surface area contributed by atoms with Crippen molar-refractivity contribution in [2.75, 3.05) is 13.3 Å². The lowest BCUT2D eigenvalue weighted by Gasteiger charge is -2.44. The van der Waals surface area contributed by atoms with E-state index < -0.39 is 37.2 Å². The minimum atomic E-state index is -1.34. The van der Waals surface area contributed by atoms with E-state index in [9.17, 15) is 25.5 Å². The lowest BCUT2D eigenvalue weighted by molar-refractivity contribution is -0.173. The summed E-state index contributed by atoms with van der Waals surface area (Å²) < 4.78 is 0. The van der Waals surface area contributed by atoms with Crippen LogP contribution in [0.5, 0.6) is 0 Å². The molecule has 0 bridgehead atoms. The maximum Gasteiger partial charge on any atom is 0.109 e. The van der Waals surface area contributed by atoms with Crippen molar-refractivity contribution >= 4 is 0 Å². The smallest absolute Gasteiger partial charge is 0.109 e. The third-order valence-corrected chi connectivity index (χ3v) is 3.58. The largest absolute Gasteiger partial charge is 0.389 e. The monoisotopic (exact) mass is 269 g/mol. The number of hydrogen-bond acceptors (Lipinski definition) is 6. The van der Waals surface area contributed by atoms with Gasteiger partial charge in [0.25, 0.3) is 0 Å². The molecule has 1 unspecified atom stereocenters. The first kappa shape index (κ1) is 14.4. The molecule has 0 spiro atoms. The normalized spacial score (nSPS) is 34.2. The molecule has 19 heavy (non-hydrogen) atoms. The Kier molecular flexibility index (Phi) is 4.51. The summed E-state index contributed by atoms with van der Waals surface area (Å²) in [6.45, 7) is -0.432. The number of benzene rings is 1. The predicted octanol–water partition coefficient (Wildman–Crippen LogP) is -1.56. The van der Waals surface area contributed by atoms with Gasteiger partial charge in [-0.15, -0.1) is 0 Å². The number of aliphatic hydroxyl groups is 5. The van der Waals surface area contributed by atoms with Gasteiger partial charge in [0.15, 0.2) is 0 Å². The summed E-state index contributed by atoms with van der Waals surface area (Å²) in [5.41, 5.74) is 0.577. The molecule has 6 nitrogen and oxygen atoms in total. The van der Waals surface area contributed by atoms with Crippen LogP contribution >= 0.6 is 0 Å². The highest BCUT2D eigenvalue weighted by Crippen LogP contribution is 2.29. The topological polar surface area (TPSA) is 104 Å². The lowest BCUT2D eigenvalue weighted by atomic mass is 9.88. The molecule has 0 aliphatic carbocycles. The van der Waals surface area contributed by atoms with Crippen LogP contribution in [0.1, 0.15) is 11.7 Å². The van der Waals surface area contributed by atoms with Gasteiger partial charge in [-0.3, -0.25) is 4.90 Å². The Morgan fingerprint density at radius 3 is 2.32 bits per heavy atom. The average Bonchev–Trinajstić information content (AvgIpc) is 2.44. The maximum atomic E-state index is 10.3. The van der Waals surface area contributed by atoms with Crippen LogP contribution in [0.25, 0.3) is 0 Å². The molecule has 1 heterocycles. The molecule has 1 aliphatic rings. The van der Waals surface area contributed by atoms with E-state index in [2.05, 4.69) is 0 Å². The molecule has 106 valence electrons. The zero-order chi connectivity index (χ0) is 14.0. The van der Waals surface area contributed by atoms with E-state index in [-0.39, 0.29) is 6.54 Å². The molecular weight excluding hydrogens is 250 g/mol. The second-order valence-corrected chi connectivity index (χ2v) is 4.81. The van der Waals surface area contributed by atoms with Gasteiger partial charge in [0, 0.05) is 6.54 Å². The standard InChI is InChI=1S/C13H19NO5/c15-7-14-6-9(16)12(18)13(19)10(14)11(17)8-4-2-1-3-5-8/h1-5,9-13,15-19H,6-7H2/t9-,10?,11+,12+,13+/m0/s1. The van der Waals surface area contributed by atoms with E-state index in [1.807, 2.05) is 0 Å². The number of β-amino-alcohol motifs (C(OH)–C–C–N with tert-alkyl or cyclic N) is 1. The summed E-state index contributed by atoms with van der Waals surface area (Å²) in [4.78, 5) is 1.35. The van der Waals surface area contributed by atoms with Crippen LogP contribution in [0.2, 0.25) is 0 Å². The SMILES string of the molecule is OCN1C[C@H](O)[C@@H](O)[C@H](O)C1[C@H](O)c1ccccc1. The van der Waals surface area contributed by atoms with Crippen molar-refractivity contribution < 1.29 is 25.5 Å². The quantitative estimate of drug-likeness (QED) is 0.454. The Labute approximate surface area is 111 Å². The van der Waals surface area contributed by atoms with E-state index in [1.54, 1.807) is 30.3 Å². The van der Waals surface area contributed by atoms with Crippen molar-refractivity contribution in [1.82, 2.24) is 4.90 Å². The number of aliphatic hydroxyl groups excluding tert-OH is 5. The summed E-state index contributed by atoms with van der Waals surface area (Å²) in [6, 6.07) is 7.83. The summed E-state index contributed by atoms with van der Waals surface area (Å²) in [5.74, 6) is 0. The predicted molar refractivity (Wildman–Crippen MR) is 67.0 cm³/mol. The van der Waals surface area contributed by atoms with Gasteiger partial charge in [-0.05, 0) is 5.56 Å². The highest BCUT2D eigenvalue weighted by atomic mass is 16.4. The molecule has 0 saturated carbocycles. The van der Waals surface area contributed by atoms with E-state index in [1.165, 1.54) is 4.90 Å². The van der Waals surface area contributed by atoms with E-state index in [0.29, 0.717) is 5.56 Å². The average molecular weight is 269 g/mol. The highest BCUT2D eigenvalue weighted by molar-refractivity contribution is 5.20. The first-order chi connectivity index (χ1) is 9.06. The zero-order valence-electron chi connectivity index (χ0n) is 10.4. The fourth-order valence-electron chi connectivity index (χ4n) is 2.50. The van der Waals surface area contributed by atoms with Gasteiger partial charge in [-0.1, -0.05) is 30.3 Å². The minimum Gasteiger partial charge on any atom is -0.389 e. The molecule has 6 heteroatoms. The van der Waals surface area contributed by atoms with Gasteiger partial charge in [-0.2, -0.15) is 0 Å². The van der Waals surface area contributed by atoms with Crippen molar-refractivity contribution in [2.24, 2.45) is 0 Å². The molecule has 1 aromatic carbocycles. The van der Waals surface area contributed by atoms with Crippen LogP contribution < -0.4 is 0 Å². The Hall–Kier alpha value is -1.02. The Balaban J connectivity index is 2.24. The zero-order valence-corrected chi connectivity index (χ0v) is 10.4. The van der Waals surface area contributed by atoms with Gasteiger partial charge < -0.3 is 25.5 Å². The van der Waals surface area contributed by atoms with Gasteiger partial charge >= 0.3 is 0 Å². The molecule has 0 aromatic heterocycles. The van der Waals surface area contributed by atoms with Gasteiger partial charge in [-0.25, -0.2) is 0 Å². The molecule has 2 rings (SSSR count). The molecule has 1 saturated heterocycles. The van der Waals surface area contributed by atoms with Gasteiger partial charge in [0.1, 0.15) is 12.2 Å². The summed E-state index contributed by atoms with van der Waals surface area (Å²) in [6.07, 6.45) is -4.90. The van der Waals surface area contributed by atoms with Crippen LogP contribution in [-0.2, 0) is 0 Å². The van der Waals surface area contributed by atoms with E-state index in [4.69, 9.17) is 0 Å². The summed E-state index contributed by atoms with van der Waals surface area (Å²) in [5, 5.41) is 48.9. The van der Waals surface area contributed by atoms with Crippen molar-refractivity contribution in [2.45, 2.75) is 30.5 Å². The molecule has 1 aliphatic heterocycles. The van der Waals surface area contributed by atoms with Crippen molar-refractivity contribution in [1.29, 1.82) is 0 Å². The highest BCUT2D eigenvalue weighted by Gasteiger charge is 2.44. The van der Waals surface area contributed by atoms with Crippen molar-refractivity contribution in [3.63, 3.8) is 0 Å². The van der Waals surface area contributed by atoms with Crippen molar-refractivity contribution in [3.8, 4) is 0 Å². The molecule has 1 fully saturated rings. The Morgan fingerprint density at radius 2 is 1.74 bits per heavy atom. The Bertz CT molecular complexity index is 399. The fraction of sp³-hybridized carbons (Fsp3) is 0.538. The van der Waals surface area contributed by atoms with Crippen molar-refractivity contribution in [3.05, 3.63) is 35.9 Å². The number of rotatable bonds is 3. The minimum absolute atomic E-state index is 0.0106. The third kappa shape index (κ3) is 2.79. The molecule has 5 atom stereocenters. The summed E-state index contributed by atoms with van der Waals surface area (Å²) in [7, 11) is 0. The second-order valence-electron chi connectivity index (χ2n) is 4.81. The third-order valence-electron chi connectivity index (χ3n) is 3.58. The van der Waals surface area contributed by atoms with Crippen LogP contribution in [0.15, 0.2) is 30.3 Å². The van der Waals surface area contributed by atoms with Gasteiger partial charge in [0.2, 0.25) is 0 Å². The van der Waals surface area contributed by atoms with E-state index >= 15 is 0 Å². The fourth-order valence-corrected chi connectivity index (χ4v) is 2.50. The first-order valence-corrected chi connectivity index (χ1v) is 6.18. The Morgan fingerprint density at radius 1 is 1.11 bits per heavy atom. The van der Waals surface area contributed by atoms with Crippen LogP contribution in [-0.4, -0.2) is 68.1 Å². The van der Waals surface area contributed by atoms with Crippen LogP contribution in [0.3, 0.4) is 0 Å².